The van der Waals surface area contributed by atoms with E-state index in [1.54, 1.807) is 24.3 Å². The van der Waals surface area contributed by atoms with E-state index in [4.69, 9.17) is 10.3 Å². The van der Waals surface area contributed by atoms with Gasteiger partial charge < -0.3 is 15.2 Å². The molecule has 0 spiro atoms. The molecule has 3 atom stereocenters. The number of carbonyl (C=O) groups is 1. The Morgan fingerprint density at radius 3 is 2.74 bits per heavy atom. The van der Waals surface area contributed by atoms with Crippen molar-refractivity contribution in [1.29, 1.82) is 0 Å². The average molecular weight is 365 g/mol. The Kier molecular flexibility index (Phi) is 3.75. The van der Waals surface area contributed by atoms with Crippen LogP contribution in [0.1, 0.15) is 23.2 Å². The highest BCUT2D eigenvalue weighted by atomic mass is 19.1. The normalized spacial score (nSPS) is 24.5. The maximum Gasteiger partial charge on any atom is 0.253 e. The molecule has 0 radical (unpaired) electrons. The van der Waals surface area contributed by atoms with Gasteiger partial charge in [-0.1, -0.05) is 5.16 Å². The van der Waals surface area contributed by atoms with Gasteiger partial charge in [0, 0.05) is 30.3 Å². The summed E-state index contributed by atoms with van der Waals surface area (Å²) in [6.45, 7) is 1.51. The summed E-state index contributed by atoms with van der Waals surface area (Å²) in [5, 5.41) is 4.81. The van der Waals surface area contributed by atoms with Crippen LogP contribution >= 0.6 is 0 Å². The molecule has 1 amide bonds. The average Bonchev–Trinajstić information content (AvgIpc) is 3.37. The number of rotatable bonds is 2. The van der Waals surface area contributed by atoms with E-state index < -0.39 is 0 Å². The van der Waals surface area contributed by atoms with Crippen LogP contribution in [0.4, 0.5) is 4.39 Å². The van der Waals surface area contributed by atoms with E-state index in [0.29, 0.717) is 28.7 Å². The van der Waals surface area contributed by atoms with E-state index in [1.807, 2.05) is 11.0 Å². The predicted octanol–water partition coefficient (Wildman–Crippen LogP) is 3.44. The summed E-state index contributed by atoms with van der Waals surface area (Å²) in [5.74, 6) is 1.20. The first-order valence-electron chi connectivity index (χ1n) is 9.30. The molecule has 0 bridgehead atoms. The lowest BCUT2D eigenvalue weighted by Gasteiger charge is -2.18. The van der Waals surface area contributed by atoms with E-state index in [0.717, 1.165) is 36.9 Å². The zero-order valence-electron chi connectivity index (χ0n) is 14.8. The Hall–Kier alpha value is -2.73. The van der Waals surface area contributed by atoms with Gasteiger partial charge in [0.25, 0.3) is 5.91 Å². The molecule has 1 aliphatic heterocycles. The molecule has 5 nitrogen and oxygen atoms in total. The smallest absolute Gasteiger partial charge is 0.253 e. The zero-order chi connectivity index (χ0) is 18.5. The van der Waals surface area contributed by atoms with Crippen molar-refractivity contribution >= 4 is 16.8 Å². The van der Waals surface area contributed by atoms with E-state index in [-0.39, 0.29) is 17.8 Å². The number of likely N-dealkylation sites (tertiary alicyclic amines) is 1. The Morgan fingerprint density at radius 1 is 1.15 bits per heavy atom. The molecule has 1 saturated heterocycles. The summed E-state index contributed by atoms with van der Waals surface area (Å²) in [4.78, 5) is 14.9. The molecule has 2 N–H and O–H groups in total. The fourth-order valence-corrected chi connectivity index (χ4v) is 4.54. The summed E-state index contributed by atoms with van der Waals surface area (Å²) in [6, 6.07) is 11.7. The summed E-state index contributed by atoms with van der Waals surface area (Å²) in [6.07, 6.45) is 2.17. The second-order valence-corrected chi connectivity index (χ2v) is 7.63. The van der Waals surface area contributed by atoms with Gasteiger partial charge in [-0.05, 0) is 67.1 Å². The lowest BCUT2D eigenvalue weighted by atomic mass is 9.98. The van der Waals surface area contributed by atoms with Crippen molar-refractivity contribution in [1.82, 2.24) is 10.1 Å². The molecule has 1 aromatic heterocycles. The monoisotopic (exact) mass is 365 g/mol. The summed E-state index contributed by atoms with van der Waals surface area (Å²) in [5.41, 5.74) is 8.20. The first-order valence-corrected chi connectivity index (χ1v) is 9.30. The second-order valence-electron chi connectivity index (χ2n) is 7.63. The van der Waals surface area contributed by atoms with Crippen LogP contribution in [0.3, 0.4) is 0 Å². The lowest BCUT2D eigenvalue weighted by Crippen LogP contribution is -2.33. The third-order valence-electron chi connectivity index (χ3n) is 6.03. The number of hydrogen-bond acceptors (Lipinski definition) is 4. The number of fused-ring (bicyclic) bond motifs is 2. The Bertz CT molecular complexity index is 1010. The van der Waals surface area contributed by atoms with Crippen molar-refractivity contribution in [2.45, 2.75) is 18.9 Å². The number of nitrogens with zero attached hydrogens (tertiary/aromatic N) is 2. The quantitative estimate of drug-likeness (QED) is 0.755. The molecule has 1 aliphatic carbocycles. The number of carbonyl (C=O) groups excluding carboxylic acids is 1. The highest BCUT2D eigenvalue weighted by Crippen LogP contribution is 2.38. The molecular weight excluding hydrogens is 345 g/mol. The van der Waals surface area contributed by atoms with Crippen LogP contribution < -0.4 is 5.73 Å². The number of halogens is 1. The number of amides is 1. The molecule has 27 heavy (non-hydrogen) atoms. The third-order valence-corrected chi connectivity index (χ3v) is 6.03. The molecule has 2 aromatic carbocycles. The van der Waals surface area contributed by atoms with Crippen LogP contribution in [0.15, 0.2) is 47.0 Å². The van der Waals surface area contributed by atoms with E-state index in [2.05, 4.69) is 5.16 Å². The SMILES string of the molecule is NC1CCC2CN(C(=O)c3ccc4noc(-c5ccc(F)cc5)c4c3)CC12. The van der Waals surface area contributed by atoms with Gasteiger partial charge in [0.1, 0.15) is 11.3 Å². The fraction of sp³-hybridized carbons (Fsp3) is 0.333. The van der Waals surface area contributed by atoms with Gasteiger partial charge in [-0.2, -0.15) is 0 Å². The highest BCUT2D eigenvalue weighted by Gasteiger charge is 2.42. The van der Waals surface area contributed by atoms with Gasteiger partial charge in [-0.3, -0.25) is 4.79 Å². The minimum atomic E-state index is -0.309. The number of aromatic nitrogens is 1. The van der Waals surface area contributed by atoms with Crippen LogP contribution in [0.5, 0.6) is 0 Å². The number of nitrogens with two attached hydrogens (primary N) is 1. The van der Waals surface area contributed by atoms with E-state index in [1.165, 1.54) is 12.1 Å². The minimum Gasteiger partial charge on any atom is -0.355 e. The van der Waals surface area contributed by atoms with Crippen LogP contribution in [0.2, 0.25) is 0 Å². The Balaban J connectivity index is 1.47. The Labute approximate surface area is 155 Å². The molecule has 3 aromatic rings. The van der Waals surface area contributed by atoms with Crippen molar-refractivity contribution in [2.24, 2.45) is 17.6 Å². The topological polar surface area (TPSA) is 72.4 Å². The summed E-state index contributed by atoms with van der Waals surface area (Å²) >= 11 is 0. The standard InChI is InChI=1S/C21H20FN3O2/c22-15-5-1-12(2-6-15)20-16-9-13(4-8-19(16)24-27-20)21(26)25-10-14-3-7-18(23)17(14)11-25/h1-2,4-6,8-9,14,17-18H,3,7,10-11,23H2. The predicted molar refractivity (Wildman–Crippen MR) is 99.5 cm³/mol. The van der Waals surface area contributed by atoms with Crippen LogP contribution in [0, 0.1) is 17.7 Å². The molecule has 2 heterocycles. The molecule has 5 rings (SSSR count). The van der Waals surface area contributed by atoms with Gasteiger partial charge in [0.05, 0.1) is 5.39 Å². The van der Waals surface area contributed by atoms with Gasteiger partial charge in [0.2, 0.25) is 0 Å². The van der Waals surface area contributed by atoms with Crippen molar-refractivity contribution in [3.63, 3.8) is 0 Å². The first kappa shape index (κ1) is 16.4. The lowest BCUT2D eigenvalue weighted by molar-refractivity contribution is 0.0780. The van der Waals surface area contributed by atoms with Gasteiger partial charge in [-0.25, -0.2) is 4.39 Å². The van der Waals surface area contributed by atoms with Crippen molar-refractivity contribution in [2.75, 3.05) is 13.1 Å². The molecule has 6 heteroatoms. The molecule has 138 valence electrons. The van der Waals surface area contributed by atoms with Crippen molar-refractivity contribution in [3.05, 3.63) is 53.8 Å². The van der Waals surface area contributed by atoms with Gasteiger partial charge in [0.15, 0.2) is 5.76 Å². The fourth-order valence-electron chi connectivity index (χ4n) is 4.54. The Morgan fingerprint density at radius 2 is 1.96 bits per heavy atom. The first-order chi connectivity index (χ1) is 13.1. The largest absolute Gasteiger partial charge is 0.355 e. The van der Waals surface area contributed by atoms with Gasteiger partial charge in [-0.15, -0.1) is 0 Å². The third kappa shape index (κ3) is 2.72. The van der Waals surface area contributed by atoms with E-state index in [9.17, 15) is 9.18 Å². The number of hydrogen-bond donors (Lipinski definition) is 1. The molecule has 2 aliphatic rings. The molecular formula is C21H20FN3O2. The molecule has 2 fully saturated rings. The number of benzene rings is 2. The van der Waals surface area contributed by atoms with Gasteiger partial charge >= 0.3 is 0 Å². The maximum atomic E-state index is 13.2. The highest BCUT2D eigenvalue weighted by molar-refractivity contribution is 6.01. The maximum absolute atomic E-state index is 13.2. The van der Waals surface area contributed by atoms with Crippen LogP contribution in [0.25, 0.3) is 22.2 Å². The minimum absolute atomic E-state index is 0.0183. The van der Waals surface area contributed by atoms with Crippen molar-refractivity contribution < 1.29 is 13.7 Å². The molecule has 1 saturated carbocycles. The van der Waals surface area contributed by atoms with Crippen LogP contribution in [-0.4, -0.2) is 35.1 Å². The van der Waals surface area contributed by atoms with E-state index >= 15 is 0 Å². The summed E-state index contributed by atoms with van der Waals surface area (Å²) in [7, 11) is 0. The molecule has 3 unspecified atom stereocenters. The second kappa shape index (κ2) is 6.16. The summed E-state index contributed by atoms with van der Waals surface area (Å²) < 4.78 is 18.7. The van der Waals surface area contributed by atoms with Crippen molar-refractivity contribution in [3.8, 4) is 11.3 Å². The zero-order valence-corrected chi connectivity index (χ0v) is 14.8. The van der Waals surface area contributed by atoms with Crippen LogP contribution in [-0.2, 0) is 0 Å².